The number of hydrogen-bond donors (Lipinski definition) is 3. The van der Waals surface area contributed by atoms with Crippen molar-refractivity contribution in [3.8, 4) is 0 Å². The molecule has 1 aliphatic heterocycles. The predicted molar refractivity (Wildman–Crippen MR) is 125 cm³/mol. The van der Waals surface area contributed by atoms with E-state index in [2.05, 4.69) is 25.9 Å². The number of rotatable bonds is 7. The van der Waals surface area contributed by atoms with Crippen LogP contribution < -0.4 is 20.3 Å². The van der Waals surface area contributed by atoms with Crippen molar-refractivity contribution in [2.24, 2.45) is 0 Å². The zero-order valence-corrected chi connectivity index (χ0v) is 19.5. The second-order valence-electron chi connectivity index (χ2n) is 7.89. The van der Waals surface area contributed by atoms with E-state index in [1.54, 1.807) is 42.5 Å². The zero-order chi connectivity index (χ0) is 25.4. The van der Waals surface area contributed by atoms with E-state index in [-0.39, 0.29) is 18.4 Å². The van der Waals surface area contributed by atoms with Crippen LogP contribution in [-0.4, -0.2) is 37.6 Å². The Morgan fingerprint density at radius 1 is 1.17 bits per heavy atom. The van der Waals surface area contributed by atoms with Crippen molar-refractivity contribution >= 4 is 39.1 Å². The van der Waals surface area contributed by atoms with Crippen molar-refractivity contribution in [3.05, 3.63) is 70.9 Å². The van der Waals surface area contributed by atoms with Crippen molar-refractivity contribution in [1.82, 2.24) is 15.3 Å². The summed E-state index contributed by atoms with van der Waals surface area (Å²) in [6, 6.07) is 11.3. The van der Waals surface area contributed by atoms with Crippen LogP contribution in [0.3, 0.4) is 0 Å². The number of benzene rings is 2. The number of aromatic nitrogens is 2. The maximum absolute atomic E-state index is 13.6. The number of amides is 1. The van der Waals surface area contributed by atoms with Crippen molar-refractivity contribution in [2.45, 2.75) is 19.3 Å². The normalized spacial score (nSPS) is 13.2. The molecule has 3 aromatic rings. The fraction of sp³-hybridized carbons (Fsp3) is 0.227. The second kappa shape index (κ2) is 9.06. The van der Waals surface area contributed by atoms with Gasteiger partial charge in [-0.1, -0.05) is 12.1 Å². The summed E-state index contributed by atoms with van der Waals surface area (Å²) in [4.78, 5) is 19.5. The fourth-order valence-electron chi connectivity index (χ4n) is 3.46. The fourth-order valence-corrected chi connectivity index (χ4v) is 3.96. The summed E-state index contributed by atoms with van der Waals surface area (Å²) < 4.78 is 65.3. The highest BCUT2D eigenvalue weighted by atomic mass is 32.2. The molecule has 9 nitrogen and oxygen atoms in total. The Morgan fingerprint density at radius 3 is 2.66 bits per heavy atom. The number of nitrogens with one attached hydrogen (secondary N) is 3. The molecule has 0 fully saturated rings. The van der Waals surface area contributed by atoms with Crippen LogP contribution in [-0.2, 0) is 29.3 Å². The highest BCUT2D eigenvalue weighted by Gasteiger charge is 2.35. The molecule has 0 spiro atoms. The van der Waals surface area contributed by atoms with Gasteiger partial charge >= 0.3 is 6.18 Å². The molecule has 13 heteroatoms. The lowest BCUT2D eigenvalue weighted by Crippen LogP contribution is -2.24. The van der Waals surface area contributed by atoms with Gasteiger partial charge in [0.2, 0.25) is 16.0 Å². The molecule has 0 unspecified atom stereocenters. The Bertz CT molecular complexity index is 1400. The summed E-state index contributed by atoms with van der Waals surface area (Å²) in [5.41, 5.74) is 1.69. The zero-order valence-electron chi connectivity index (χ0n) is 18.6. The van der Waals surface area contributed by atoms with E-state index in [4.69, 9.17) is 0 Å². The molecule has 1 aliphatic rings. The molecule has 1 amide bonds. The van der Waals surface area contributed by atoms with E-state index in [0.717, 1.165) is 16.1 Å². The topological polar surface area (TPSA) is 116 Å². The van der Waals surface area contributed by atoms with E-state index in [0.29, 0.717) is 35.2 Å². The first-order valence-electron chi connectivity index (χ1n) is 10.3. The van der Waals surface area contributed by atoms with E-state index in [1.165, 1.54) is 7.05 Å². The standard InChI is InChI=1S/C22H21F3N6O3S/c1-31(35(2,33)34)16-5-3-4-13(8-16)10-26-19-18(22(23,24)25)12-28-21(30-19)29-15-6-7-17-14(9-15)11-27-20(17)32/h3-9,12H,10-11H2,1-2H3,(H,27,32)(H2,26,28,29,30). The minimum Gasteiger partial charge on any atom is -0.365 e. The van der Waals surface area contributed by atoms with Crippen LogP contribution in [0.15, 0.2) is 48.7 Å². The van der Waals surface area contributed by atoms with Gasteiger partial charge in [0.1, 0.15) is 11.4 Å². The largest absolute Gasteiger partial charge is 0.421 e. The van der Waals surface area contributed by atoms with Crippen LogP contribution in [0, 0.1) is 0 Å². The van der Waals surface area contributed by atoms with Gasteiger partial charge in [0, 0.05) is 37.6 Å². The number of anilines is 4. The molecule has 1 aromatic heterocycles. The number of fused-ring (bicyclic) bond motifs is 1. The first-order valence-corrected chi connectivity index (χ1v) is 12.2. The summed E-state index contributed by atoms with van der Waals surface area (Å²) in [5, 5.41) is 8.24. The third kappa shape index (κ3) is 5.45. The van der Waals surface area contributed by atoms with Crippen LogP contribution in [0.4, 0.5) is 36.3 Å². The van der Waals surface area contributed by atoms with E-state index < -0.39 is 27.6 Å². The molecule has 35 heavy (non-hydrogen) atoms. The summed E-state index contributed by atoms with van der Waals surface area (Å²) in [7, 11) is -2.11. The molecule has 0 bridgehead atoms. The molecule has 4 rings (SSSR count). The van der Waals surface area contributed by atoms with Crippen LogP contribution >= 0.6 is 0 Å². The Kier molecular flexibility index (Phi) is 6.28. The first-order chi connectivity index (χ1) is 16.4. The Balaban J connectivity index is 1.57. The Labute approximate surface area is 199 Å². The van der Waals surface area contributed by atoms with Crippen molar-refractivity contribution in [3.63, 3.8) is 0 Å². The maximum atomic E-state index is 13.6. The highest BCUT2D eigenvalue weighted by Crippen LogP contribution is 2.34. The third-order valence-corrected chi connectivity index (χ3v) is 6.58. The summed E-state index contributed by atoms with van der Waals surface area (Å²) in [6.45, 7) is 0.315. The van der Waals surface area contributed by atoms with Crippen LogP contribution in [0.25, 0.3) is 0 Å². The number of carbonyl (C=O) groups is 1. The average Bonchev–Trinajstić information content (AvgIpc) is 3.16. The quantitative estimate of drug-likeness (QED) is 0.449. The summed E-state index contributed by atoms with van der Waals surface area (Å²) in [6.07, 6.45) is -2.96. The van der Waals surface area contributed by atoms with E-state index >= 15 is 0 Å². The summed E-state index contributed by atoms with van der Waals surface area (Å²) >= 11 is 0. The van der Waals surface area contributed by atoms with Gasteiger partial charge in [-0.3, -0.25) is 9.10 Å². The molecule has 0 saturated carbocycles. The van der Waals surface area contributed by atoms with Crippen LogP contribution in [0.5, 0.6) is 0 Å². The smallest absolute Gasteiger partial charge is 0.365 e. The van der Waals surface area contributed by atoms with E-state index in [9.17, 15) is 26.4 Å². The van der Waals surface area contributed by atoms with Crippen molar-refractivity contribution in [1.29, 1.82) is 0 Å². The lowest BCUT2D eigenvalue weighted by atomic mass is 10.1. The summed E-state index contributed by atoms with van der Waals surface area (Å²) in [5.74, 6) is -0.686. The van der Waals surface area contributed by atoms with Crippen molar-refractivity contribution in [2.75, 3.05) is 28.2 Å². The van der Waals surface area contributed by atoms with Gasteiger partial charge in [-0.2, -0.15) is 18.2 Å². The van der Waals surface area contributed by atoms with Gasteiger partial charge < -0.3 is 16.0 Å². The Hall–Kier alpha value is -3.87. The van der Waals surface area contributed by atoms with Gasteiger partial charge in [0.05, 0.1) is 11.9 Å². The predicted octanol–water partition coefficient (Wildman–Crippen LogP) is 3.49. The molecular formula is C22H21F3N6O3S. The molecule has 3 N–H and O–H groups in total. The Morgan fingerprint density at radius 2 is 1.94 bits per heavy atom. The minimum atomic E-state index is -4.70. The second-order valence-corrected chi connectivity index (χ2v) is 9.90. The van der Waals surface area contributed by atoms with Gasteiger partial charge in [-0.25, -0.2) is 13.4 Å². The third-order valence-electron chi connectivity index (χ3n) is 5.37. The molecule has 184 valence electrons. The lowest BCUT2D eigenvalue weighted by Gasteiger charge is -2.18. The minimum absolute atomic E-state index is 0.0440. The molecule has 0 aliphatic carbocycles. The van der Waals surface area contributed by atoms with Crippen LogP contribution in [0.2, 0.25) is 0 Å². The molecule has 2 heterocycles. The number of halogens is 3. The SMILES string of the molecule is CN(c1cccc(CNc2nc(Nc3ccc4c(c3)CNC4=O)ncc2C(F)(F)F)c1)S(C)(=O)=O. The molecule has 0 saturated heterocycles. The van der Waals surface area contributed by atoms with Gasteiger partial charge in [0.25, 0.3) is 5.91 Å². The van der Waals surface area contributed by atoms with Gasteiger partial charge in [0.15, 0.2) is 0 Å². The number of nitrogens with zero attached hydrogens (tertiary/aromatic N) is 3. The van der Waals surface area contributed by atoms with E-state index in [1.807, 2.05) is 0 Å². The molecule has 0 atom stereocenters. The number of sulfonamides is 1. The number of carbonyl (C=O) groups excluding carboxylic acids is 1. The van der Waals surface area contributed by atoms with Gasteiger partial charge in [-0.05, 0) is 41.5 Å². The maximum Gasteiger partial charge on any atom is 0.421 e. The lowest BCUT2D eigenvalue weighted by molar-refractivity contribution is -0.137. The van der Waals surface area contributed by atoms with Crippen LogP contribution in [0.1, 0.15) is 27.0 Å². The number of hydrogen-bond acceptors (Lipinski definition) is 7. The van der Waals surface area contributed by atoms with Crippen molar-refractivity contribution < 1.29 is 26.4 Å². The number of alkyl halides is 3. The average molecular weight is 507 g/mol. The molecule has 2 aromatic carbocycles. The van der Waals surface area contributed by atoms with Gasteiger partial charge in [-0.15, -0.1) is 0 Å². The monoisotopic (exact) mass is 506 g/mol. The molecular weight excluding hydrogens is 485 g/mol. The highest BCUT2D eigenvalue weighted by molar-refractivity contribution is 7.92. The molecule has 0 radical (unpaired) electrons. The first kappa shape index (κ1) is 24.3.